The zero-order chi connectivity index (χ0) is 17.4. The SMILES string of the molecule is Cc1[c]c(Sc2[c]c(C)c[c]c2C(C)(C)C)c(C(C)(C)C)[c]c1. The van der Waals surface area contributed by atoms with Crippen molar-refractivity contribution in [3.63, 3.8) is 0 Å². The van der Waals surface area contributed by atoms with Crippen LogP contribution >= 0.6 is 11.8 Å². The Balaban J connectivity index is 2.56. The minimum Gasteiger partial charge on any atom is -0.0881 e. The van der Waals surface area contributed by atoms with Gasteiger partial charge in [-0.15, -0.1) is 0 Å². The maximum Gasteiger partial charge on any atom is 0.0247 e. The topological polar surface area (TPSA) is 0 Å². The lowest BCUT2D eigenvalue weighted by atomic mass is 9.86. The van der Waals surface area contributed by atoms with E-state index in [1.165, 1.54) is 11.1 Å². The molecule has 0 nitrogen and oxygen atoms in total. The fraction of sp³-hybridized carbons (Fsp3) is 0.455. The average Bonchev–Trinajstić information content (AvgIpc) is 2.35. The Morgan fingerprint density at radius 3 is 1.35 bits per heavy atom. The molecule has 0 amide bonds. The molecule has 2 aromatic carbocycles. The van der Waals surface area contributed by atoms with Crippen LogP contribution in [0.25, 0.3) is 0 Å². The molecule has 0 aromatic heterocycles. The van der Waals surface area contributed by atoms with Gasteiger partial charge >= 0.3 is 0 Å². The van der Waals surface area contributed by atoms with Crippen molar-refractivity contribution in [3.05, 3.63) is 58.7 Å². The number of benzene rings is 2. The van der Waals surface area contributed by atoms with Gasteiger partial charge in [0.05, 0.1) is 0 Å². The molecular formula is C22H26S. The highest BCUT2D eigenvalue weighted by Gasteiger charge is 2.23. The van der Waals surface area contributed by atoms with E-state index < -0.39 is 0 Å². The van der Waals surface area contributed by atoms with Crippen molar-refractivity contribution in [2.24, 2.45) is 0 Å². The maximum atomic E-state index is 3.53. The molecule has 0 heterocycles. The van der Waals surface area contributed by atoms with Crippen LogP contribution in [0.1, 0.15) is 63.8 Å². The highest BCUT2D eigenvalue weighted by molar-refractivity contribution is 7.99. The Morgan fingerprint density at radius 2 is 1.04 bits per heavy atom. The van der Waals surface area contributed by atoms with Crippen LogP contribution in [0.15, 0.2) is 21.9 Å². The lowest BCUT2D eigenvalue weighted by Crippen LogP contribution is -2.14. The van der Waals surface area contributed by atoms with Crippen LogP contribution in [-0.4, -0.2) is 0 Å². The van der Waals surface area contributed by atoms with E-state index in [4.69, 9.17) is 0 Å². The van der Waals surface area contributed by atoms with Crippen molar-refractivity contribution in [1.82, 2.24) is 0 Å². The second-order valence-corrected chi connectivity index (χ2v) is 9.22. The molecule has 0 saturated heterocycles. The van der Waals surface area contributed by atoms with Crippen LogP contribution < -0.4 is 0 Å². The molecule has 0 saturated carbocycles. The molecule has 2 rings (SSSR count). The van der Waals surface area contributed by atoms with Gasteiger partial charge in [0, 0.05) is 21.9 Å². The van der Waals surface area contributed by atoms with E-state index in [1.54, 1.807) is 11.8 Å². The van der Waals surface area contributed by atoms with Gasteiger partial charge in [0.15, 0.2) is 0 Å². The number of rotatable bonds is 2. The standard InChI is InChI=1S/C22H26S/c1-15-9-11-17(21(3,4)5)19(13-15)23-20-14-16(2)10-12-18(20)22(6,7)8/h9-10H,1-8H3. The van der Waals surface area contributed by atoms with Gasteiger partial charge in [-0.2, -0.15) is 0 Å². The van der Waals surface area contributed by atoms with Gasteiger partial charge < -0.3 is 0 Å². The lowest BCUT2D eigenvalue weighted by molar-refractivity contribution is 0.573. The van der Waals surface area contributed by atoms with Crippen molar-refractivity contribution < 1.29 is 0 Å². The molecule has 1 heteroatoms. The monoisotopic (exact) mass is 322 g/mol. The van der Waals surface area contributed by atoms with Crippen molar-refractivity contribution >= 4 is 11.8 Å². The van der Waals surface area contributed by atoms with Crippen LogP contribution in [0.5, 0.6) is 0 Å². The molecule has 0 aliphatic rings. The third-order valence-electron chi connectivity index (χ3n) is 3.65. The Labute approximate surface area is 146 Å². The quantitative estimate of drug-likeness (QED) is 0.629. The summed E-state index contributed by atoms with van der Waals surface area (Å²) in [5, 5.41) is 0. The minimum absolute atomic E-state index is 0.0436. The largest absolute Gasteiger partial charge is 0.0881 e. The number of aryl methyl sites for hydroxylation is 2. The molecular weight excluding hydrogens is 296 g/mol. The predicted molar refractivity (Wildman–Crippen MR) is 99.2 cm³/mol. The van der Waals surface area contributed by atoms with Crippen molar-refractivity contribution in [2.75, 3.05) is 0 Å². The van der Waals surface area contributed by atoms with Crippen molar-refractivity contribution in [3.8, 4) is 0 Å². The Bertz CT molecular complexity index is 635. The van der Waals surface area contributed by atoms with Crippen LogP contribution in [0, 0.1) is 38.1 Å². The molecule has 120 valence electrons. The summed E-state index contributed by atoms with van der Waals surface area (Å²) in [6.07, 6.45) is 0. The second-order valence-electron chi connectivity index (χ2n) is 8.20. The summed E-state index contributed by atoms with van der Waals surface area (Å²) in [4.78, 5) is 2.30. The zero-order valence-corrected chi connectivity index (χ0v) is 16.4. The van der Waals surface area contributed by atoms with Gasteiger partial charge in [0.25, 0.3) is 0 Å². The van der Waals surface area contributed by atoms with Crippen molar-refractivity contribution in [2.45, 2.75) is 76.0 Å². The maximum absolute atomic E-state index is 3.53. The number of hydrogen-bond acceptors (Lipinski definition) is 1. The third-order valence-corrected chi connectivity index (χ3v) is 4.67. The third kappa shape index (κ3) is 4.41. The van der Waals surface area contributed by atoms with E-state index >= 15 is 0 Å². The van der Waals surface area contributed by atoms with E-state index in [0.29, 0.717) is 0 Å². The Morgan fingerprint density at radius 1 is 0.696 bits per heavy atom. The minimum atomic E-state index is 0.0436. The summed E-state index contributed by atoms with van der Waals surface area (Å²) in [6.45, 7) is 17.5. The Kier molecular flexibility index (Phi) is 5.01. The van der Waals surface area contributed by atoms with Crippen LogP contribution in [0.3, 0.4) is 0 Å². The molecule has 0 bridgehead atoms. The Hall–Kier alpha value is -1.21. The highest BCUT2D eigenvalue weighted by Crippen LogP contribution is 2.40. The first kappa shape index (κ1) is 18.1. The van der Waals surface area contributed by atoms with Crippen LogP contribution in [0.2, 0.25) is 0 Å². The van der Waals surface area contributed by atoms with Crippen LogP contribution in [0.4, 0.5) is 0 Å². The first-order valence-corrected chi connectivity index (χ1v) is 8.88. The second kappa shape index (κ2) is 6.36. The van der Waals surface area contributed by atoms with Gasteiger partial charge in [0.1, 0.15) is 0 Å². The fourth-order valence-electron chi connectivity index (χ4n) is 2.42. The molecule has 0 aliphatic heterocycles. The average molecular weight is 323 g/mol. The molecule has 0 atom stereocenters. The van der Waals surface area contributed by atoms with Gasteiger partial charge in [-0.25, -0.2) is 0 Å². The normalized spacial score (nSPS) is 12.5. The lowest BCUT2D eigenvalue weighted by Gasteiger charge is -2.25. The van der Waals surface area contributed by atoms with E-state index in [1.807, 2.05) is 12.1 Å². The molecule has 23 heavy (non-hydrogen) atoms. The molecule has 0 aliphatic carbocycles. The van der Waals surface area contributed by atoms with E-state index in [9.17, 15) is 0 Å². The summed E-state index contributed by atoms with van der Waals surface area (Å²) >= 11 is 1.75. The van der Waals surface area contributed by atoms with E-state index in [0.717, 1.165) is 20.9 Å². The van der Waals surface area contributed by atoms with Crippen molar-refractivity contribution in [1.29, 1.82) is 0 Å². The molecule has 2 aromatic rings. The molecule has 0 N–H and O–H groups in total. The summed E-state index contributed by atoms with van der Waals surface area (Å²) in [5.74, 6) is 0. The smallest absolute Gasteiger partial charge is 0.0247 e. The summed E-state index contributed by atoms with van der Waals surface area (Å²) in [5.41, 5.74) is 4.75. The predicted octanol–water partition coefficient (Wildman–Crippen LogP) is 6.25. The van der Waals surface area contributed by atoms with E-state index in [-0.39, 0.29) is 10.8 Å². The molecule has 4 radical (unpaired) electrons. The summed E-state index contributed by atoms with van der Waals surface area (Å²) < 4.78 is 0. The summed E-state index contributed by atoms with van der Waals surface area (Å²) in [6, 6.07) is 18.0. The first-order valence-electron chi connectivity index (χ1n) is 8.06. The molecule has 0 fully saturated rings. The highest BCUT2D eigenvalue weighted by atomic mass is 32.2. The number of hydrogen-bond donors (Lipinski definition) is 0. The molecule has 0 spiro atoms. The van der Waals surface area contributed by atoms with Gasteiger partial charge in [-0.05, 0) is 59.1 Å². The van der Waals surface area contributed by atoms with Gasteiger partial charge in [-0.3, -0.25) is 0 Å². The van der Waals surface area contributed by atoms with Gasteiger partial charge in [-0.1, -0.05) is 65.4 Å². The van der Waals surface area contributed by atoms with Gasteiger partial charge in [0.2, 0.25) is 0 Å². The van der Waals surface area contributed by atoms with Crippen LogP contribution in [-0.2, 0) is 10.8 Å². The van der Waals surface area contributed by atoms with E-state index in [2.05, 4.69) is 79.7 Å². The first-order chi connectivity index (χ1) is 10.5. The fourth-order valence-corrected chi connectivity index (χ4v) is 3.98. The summed E-state index contributed by atoms with van der Waals surface area (Å²) in [7, 11) is 0. The molecule has 0 unspecified atom stereocenters. The zero-order valence-electron chi connectivity index (χ0n) is 15.6.